The van der Waals surface area contributed by atoms with Crippen LogP contribution in [0.5, 0.6) is 0 Å². The Kier molecular flexibility index (Phi) is 5.41. The highest BCUT2D eigenvalue weighted by Gasteiger charge is 2.20. The molecular weight excluding hydrogens is 420 g/mol. The van der Waals surface area contributed by atoms with E-state index in [1.165, 1.54) is 9.13 Å². The number of imidazole rings is 1. The van der Waals surface area contributed by atoms with Gasteiger partial charge in [-0.3, -0.25) is 13.9 Å². The summed E-state index contributed by atoms with van der Waals surface area (Å²) in [7, 11) is 0. The van der Waals surface area contributed by atoms with Crippen LogP contribution in [0.2, 0.25) is 0 Å². The van der Waals surface area contributed by atoms with Crippen LogP contribution in [-0.2, 0) is 13.1 Å². The van der Waals surface area contributed by atoms with E-state index in [4.69, 9.17) is 0 Å². The van der Waals surface area contributed by atoms with Gasteiger partial charge in [0.25, 0.3) is 5.56 Å². The van der Waals surface area contributed by atoms with E-state index in [2.05, 4.69) is 29.7 Å². The topological polar surface area (TPSA) is 105 Å². The van der Waals surface area contributed by atoms with Gasteiger partial charge < -0.3 is 14.8 Å². The molecule has 0 spiro atoms. The number of aryl methyl sites for hydroxylation is 1. The van der Waals surface area contributed by atoms with Crippen molar-refractivity contribution in [2.24, 2.45) is 0 Å². The second-order valence-electron chi connectivity index (χ2n) is 7.93. The molecule has 5 heterocycles. The van der Waals surface area contributed by atoms with E-state index in [0.29, 0.717) is 30.1 Å². The number of nitrogens with one attached hydrogen (secondary N) is 1. The van der Waals surface area contributed by atoms with Gasteiger partial charge >= 0.3 is 5.69 Å². The maximum atomic E-state index is 12.7. The molecule has 0 saturated carbocycles. The van der Waals surface area contributed by atoms with Crippen LogP contribution in [0.25, 0.3) is 22.6 Å². The molecule has 0 atom stereocenters. The maximum Gasteiger partial charge on any atom is 0.332 e. The predicted octanol–water partition coefficient (Wildman–Crippen LogP) is 1.71. The number of aromatic amines is 1. The molecule has 0 aliphatic carbocycles. The lowest BCUT2D eigenvalue weighted by molar-refractivity contribution is 0.606. The Labute approximate surface area is 190 Å². The van der Waals surface area contributed by atoms with Crippen molar-refractivity contribution in [3.05, 3.63) is 63.6 Å². The minimum atomic E-state index is -0.351. The summed E-state index contributed by atoms with van der Waals surface area (Å²) in [6.07, 6.45) is 3.57. The summed E-state index contributed by atoms with van der Waals surface area (Å²) in [4.78, 5) is 46.6. The molecule has 33 heavy (non-hydrogen) atoms. The SMILES string of the molecule is CCn1c(=O)c2[nH]c(-c3ccc(N4CCN(c5ccccn5)CC4)nc3)nc2n(CC)c1=O. The monoisotopic (exact) mass is 446 g/mol. The van der Waals surface area contributed by atoms with Gasteiger partial charge in [0.05, 0.1) is 0 Å². The van der Waals surface area contributed by atoms with Crippen LogP contribution in [0.3, 0.4) is 0 Å². The minimum absolute atomic E-state index is 0.311. The molecule has 1 aliphatic rings. The van der Waals surface area contributed by atoms with Crippen LogP contribution in [0.1, 0.15) is 13.8 Å². The molecule has 1 saturated heterocycles. The number of anilines is 2. The summed E-state index contributed by atoms with van der Waals surface area (Å²) in [6, 6.07) is 9.87. The zero-order chi connectivity index (χ0) is 22.9. The molecule has 0 radical (unpaired) electrons. The van der Waals surface area contributed by atoms with Gasteiger partial charge in [-0.05, 0) is 38.1 Å². The van der Waals surface area contributed by atoms with Gasteiger partial charge in [-0.25, -0.2) is 19.7 Å². The lowest BCUT2D eigenvalue weighted by atomic mass is 10.2. The lowest BCUT2D eigenvalue weighted by Gasteiger charge is -2.36. The van der Waals surface area contributed by atoms with E-state index in [-0.39, 0.29) is 11.2 Å². The quantitative estimate of drug-likeness (QED) is 0.498. The molecule has 0 unspecified atom stereocenters. The molecule has 1 N–H and O–H groups in total. The molecule has 0 bridgehead atoms. The molecule has 0 amide bonds. The van der Waals surface area contributed by atoms with Gasteiger partial charge in [0.2, 0.25) is 0 Å². The van der Waals surface area contributed by atoms with Gasteiger partial charge in [-0.2, -0.15) is 0 Å². The van der Waals surface area contributed by atoms with E-state index >= 15 is 0 Å². The first kappa shape index (κ1) is 20.9. The maximum absolute atomic E-state index is 12.7. The van der Waals surface area contributed by atoms with Crippen molar-refractivity contribution in [2.75, 3.05) is 36.0 Å². The fourth-order valence-electron chi connectivity index (χ4n) is 4.29. The summed E-state index contributed by atoms with van der Waals surface area (Å²) in [6.45, 7) is 7.85. The number of nitrogens with zero attached hydrogens (tertiary/aromatic N) is 7. The highest BCUT2D eigenvalue weighted by molar-refractivity contribution is 5.75. The van der Waals surface area contributed by atoms with E-state index in [1.807, 2.05) is 43.5 Å². The molecule has 5 rings (SSSR count). The van der Waals surface area contributed by atoms with E-state index in [0.717, 1.165) is 43.4 Å². The Morgan fingerprint density at radius 2 is 1.58 bits per heavy atom. The first-order valence-electron chi connectivity index (χ1n) is 11.2. The Balaban J connectivity index is 1.38. The first-order valence-corrected chi connectivity index (χ1v) is 11.2. The van der Waals surface area contributed by atoms with Gasteiger partial charge in [0.15, 0.2) is 5.65 Å². The van der Waals surface area contributed by atoms with Crippen LogP contribution < -0.4 is 21.0 Å². The largest absolute Gasteiger partial charge is 0.353 e. The predicted molar refractivity (Wildman–Crippen MR) is 128 cm³/mol. The van der Waals surface area contributed by atoms with Crippen LogP contribution in [0.15, 0.2) is 52.3 Å². The number of hydrogen-bond acceptors (Lipinski definition) is 7. The van der Waals surface area contributed by atoms with Crippen molar-refractivity contribution in [1.82, 2.24) is 29.1 Å². The zero-order valence-corrected chi connectivity index (χ0v) is 18.7. The van der Waals surface area contributed by atoms with Crippen LogP contribution in [0, 0.1) is 0 Å². The number of piperazine rings is 1. The number of aromatic nitrogens is 6. The average molecular weight is 447 g/mol. The third-order valence-electron chi connectivity index (χ3n) is 6.09. The highest BCUT2D eigenvalue weighted by atomic mass is 16.2. The number of H-pyrrole nitrogens is 1. The Hall–Kier alpha value is -3.95. The van der Waals surface area contributed by atoms with Crippen molar-refractivity contribution in [3.63, 3.8) is 0 Å². The third kappa shape index (κ3) is 3.67. The first-order chi connectivity index (χ1) is 16.1. The average Bonchev–Trinajstić information content (AvgIpc) is 3.31. The molecule has 0 aromatic carbocycles. The van der Waals surface area contributed by atoms with E-state index in [1.54, 1.807) is 13.1 Å². The zero-order valence-electron chi connectivity index (χ0n) is 18.7. The summed E-state index contributed by atoms with van der Waals surface area (Å²) in [5, 5.41) is 0. The second-order valence-corrected chi connectivity index (χ2v) is 7.93. The van der Waals surface area contributed by atoms with Gasteiger partial charge in [-0.1, -0.05) is 6.07 Å². The number of fused-ring (bicyclic) bond motifs is 1. The Morgan fingerprint density at radius 1 is 0.879 bits per heavy atom. The summed E-state index contributed by atoms with van der Waals surface area (Å²) >= 11 is 0. The molecule has 10 nitrogen and oxygen atoms in total. The number of rotatable bonds is 5. The van der Waals surface area contributed by atoms with Crippen molar-refractivity contribution in [1.29, 1.82) is 0 Å². The van der Waals surface area contributed by atoms with Crippen molar-refractivity contribution >= 4 is 22.8 Å². The standard InChI is InChI=1S/C23H26N8O2/c1-3-30-21-19(22(32)31(4-2)23(30)33)26-20(27-21)16-8-9-18(25-15-16)29-13-11-28(12-14-29)17-7-5-6-10-24-17/h5-10,15H,3-4,11-14H2,1-2H3,(H,26,27). The fraction of sp³-hybridized carbons (Fsp3) is 0.348. The second kappa shape index (κ2) is 8.53. The highest BCUT2D eigenvalue weighted by Crippen LogP contribution is 2.22. The van der Waals surface area contributed by atoms with Crippen molar-refractivity contribution in [3.8, 4) is 11.4 Å². The van der Waals surface area contributed by atoms with Crippen LogP contribution in [0.4, 0.5) is 11.6 Å². The molecule has 4 aromatic rings. The summed E-state index contributed by atoms with van der Waals surface area (Å²) < 4.78 is 2.74. The van der Waals surface area contributed by atoms with Gasteiger partial charge in [-0.15, -0.1) is 0 Å². The van der Waals surface area contributed by atoms with Crippen LogP contribution >= 0.6 is 0 Å². The smallest absolute Gasteiger partial charge is 0.332 e. The van der Waals surface area contributed by atoms with E-state index in [9.17, 15) is 9.59 Å². The van der Waals surface area contributed by atoms with E-state index < -0.39 is 0 Å². The summed E-state index contributed by atoms with van der Waals surface area (Å²) in [5.74, 6) is 2.42. The number of pyridine rings is 2. The molecule has 10 heteroatoms. The summed E-state index contributed by atoms with van der Waals surface area (Å²) in [5.41, 5.74) is 0.787. The molecule has 1 fully saturated rings. The Morgan fingerprint density at radius 3 is 2.15 bits per heavy atom. The van der Waals surface area contributed by atoms with Gasteiger partial charge in [0.1, 0.15) is 23.0 Å². The molecular formula is C23H26N8O2. The molecule has 170 valence electrons. The molecule has 4 aromatic heterocycles. The molecule has 1 aliphatic heterocycles. The lowest BCUT2D eigenvalue weighted by Crippen LogP contribution is -2.47. The van der Waals surface area contributed by atoms with Crippen molar-refractivity contribution in [2.45, 2.75) is 26.9 Å². The minimum Gasteiger partial charge on any atom is -0.353 e. The van der Waals surface area contributed by atoms with Gasteiger partial charge in [0, 0.05) is 57.2 Å². The number of hydrogen-bond donors (Lipinski definition) is 1. The third-order valence-corrected chi connectivity index (χ3v) is 6.09. The van der Waals surface area contributed by atoms with Crippen LogP contribution in [-0.4, -0.2) is 55.2 Å². The normalized spacial score (nSPS) is 14.2. The Bertz CT molecular complexity index is 1380. The van der Waals surface area contributed by atoms with Crippen molar-refractivity contribution < 1.29 is 0 Å². The fourth-order valence-corrected chi connectivity index (χ4v) is 4.29.